The van der Waals surface area contributed by atoms with Crippen LogP contribution in [-0.4, -0.2) is 43.8 Å². The van der Waals surface area contributed by atoms with Gasteiger partial charge in [-0.1, -0.05) is 18.2 Å². The fourth-order valence-electron chi connectivity index (χ4n) is 2.59. The number of benzene rings is 1. The second kappa shape index (κ2) is 7.53. The number of sulfonamides is 1. The number of amides is 1. The minimum Gasteiger partial charge on any atom is -0.479 e. The molecule has 2 N–H and O–H groups in total. The van der Waals surface area contributed by atoms with Gasteiger partial charge in [0.15, 0.2) is 11.8 Å². The first-order chi connectivity index (χ1) is 12.5. The summed E-state index contributed by atoms with van der Waals surface area (Å²) in [5, 5.41) is 11.9. The summed E-state index contributed by atoms with van der Waals surface area (Å²) in [6, 6.07) is 4.97. The van der Waals surface area contributed by atoms with Crippen LogP contribution in [0.2, 0.25) is 0 Å². The molecule has 1 aromatic carbocycles. The van der Waals surface area contributed by atoms with Crippen LogP contribution < -0.4 is 5.32 Å². The third-order valence-corrected chi connectivity index (χ3v) is 6.26. The minimum absolute atomic E-state index is 0.0486. The van der Waals surface area contributed by atoms with E-state index in [-0.39, 0.29) is 16.4 Å². The number of aliphatic carboxylic acids is 1. The van der Waals surface area contributed by atoms with Crippen LogP contribution in [0.15, 0.2) is 33.6 Å². The molecule has 0 radical (unpaired) electrons. The molecule has 27 heavy (non-hydrogen) atoms. The summed E-state index contributed by atoms with van der Waals surface area (Å²) in [4.78, 5) is 24.1. The zero-order chi connectivity index (χ0) is 20.5. The lowest BCUT2D eigenvalue weighted by molar-refractivity contribution is -0.139. The highest BCUT2D eigenvalue weighted by molar-refractivity contribution is 7.89. The molecule has 1 unspecified atom stereocenters. The number of aryl methyl sites for hydroxylation is 2. The Hall–Kier alpha value is -2.65. The summed E-state index contributed by atoms with van der Waals surface area (Å²) in [7, 11) is -1.06. The molecule has 0 saturated carbocycles. The molecule has 2 rings (SSSR count). The van der Waals surface area contributed by atoms with Crippen LogP contribution in [0, 0.1) is 20.8 Å². The number of hydrogen-bond acceptors (Lipinski definition) is 5. The van der Waals surface area contributed by atoms with Gasteiger partial charge in [-0.15, -0.1) is 0 Å². The topological polar surface area (TPSA) is 117 Å². The average molecular weight is 394 g/mol. The highest BCUT2D eigenvalue weighted by atomic mass is 32.2. The summed E-state index contributed by atoms with van der Waals surface area (Å²) < 4.78 is 30.8. The molecular weight excluding hydrogens is 372 g/mol. The normalized spacial score (nSPS) is 12.8. The molecule has 0 bridgehead atoms. The van der Waals surface area contributed by atoms with Crippen LogP contribution in [0.1, 0.15) is 39.0 Å². The third-order valence-electron chi connectivity index (χ3n) is 4.33. The standard InChI is InChI=1S/C18H22N2O6S/c1-10-7-6-8-13(11(10)2)16(18(22)23)19-17(21)14-9-15(12(3)26-14)27(24,25)20(4)5/h6-9,16H,1-5H3,(H,19,21)(H,22,23). The van der Waals surface area contributed by atoms with Crippen LogP contribution >= 0.6 is 0 Å². The molecule has 0 aliphatic rings. The first-order valence-electron chi connectivity index (χ1n) is 8.09. The number of carboxylic acid groups (broad SMARTS) is 1. The number of hydrogen-bond donors (Lipinski definition) is 2. The number of furan rings is 1. The summed E-state index contributed by atoms with van der Waals surface area (Å²) in [6.45, 7) is 5.03. The molecule has 2 aromatic rings. The van der Waals surface area contributed by atoms with Gasteiger partial charge in [-0.25, -0.2) is 17.5 Å². The quantitative estimate of drug-likeness (QED) is 0.774. The Balaban J connectivity index is 2.38. The Morgan fingerprint density at radius 2 is 1.81 bits per heavy atom. The van der Waals surface area contributed by atoms with Gasteiger partial charge in [-0.2, -0.15) is 0 Å². The van der Waals surface area contributed by atoms with Crippen LogP contribution in [0.4, 0.5) is 0 Å². The monoisotopic (exact) mass is 394 g/mol. The molecule has 146 valence electrons. The Kier molecular flexibility index (Phi) is 5.76. The summed E-state index contributed by atoms with van der Waals surface area (Å²) in [5.41, 5.74) is 2.08. The first-order valence-corrected chi connectivity index (χ1v) is 9.53. The molecule has 1 aromatic heterocycles. The third kappa shape index (κ3) is 4.04. The van der Waals surface area contributed by atoms with Crippen molar-refractivity contribution in [2.75, 3.05) is 14.1 Å². The van der Waals surface area contributed by atoms with Crippen LogP contribution in [-0.2, 0) is 14.8 Å². The number of nitrogens with one attached hydrogen (secondary N) is 1. The highest BCUT2D eigenvalue weighted by Gasteiger charge is 2.29. The van der Waals surface area contributed by atoms with Crippen molar-refractivity contribution in [1.82, 2.24) is 9.62 Å². The zero-order valence-electron chi connectivity index (χ0n) is 15.7. The molecule has 0 aliphatic heterocycles. The molecule has 0 spiro atoms. The van der Waals surface area contributed by atoms with E-state index in [0.29, 0.717) is 5.56 Å². The van der Waals surface area contributed by atoms with E-state index in [4.69, 9.17) is 4.42 Å². The number of rotatable bonds is 6. The maximum atomic E-state index is 12.5. The number of nitrogens with zero attached hydrogens (tertiary/aromatic N) is 1. The number of carboxylic acids is 1. The van der Waals surface area contributed by atoms with E-state index in [0.717, 1.165) is 21.5 Å². The second-order valence-electron chi connectivity index (χ2n) is 6.35. The predicted octanol–water partition coefficient (Wildman–Crippen LogP) is 2.01. The molecule has 1 heterocycles. The van der Waals surface area contributed by atoms with E-state index in [1.54, 1.807) is 19.1 Å². The highest BCUT2D eigenvalue weighted by Crippen LogP contribution is 2.24. The van der Waals surface area contributed by atoms with Crippen molar-refractivity contribution >= 4 is 21.9 Å². The van der Waals surface area contributed by atoms with E-state index in [2.05, 4.69) is 5.32 Å². The fourth-order valence-corrected chi connectivity index (χ4v) is 3.65. The van der Waals surface area contributed by atoms with Gasteiger partial charge in [-0.3, -0.25) is 4.79 Å². The van der Waals surface area contributed by atoms with Gasteiger partial charge in [0.25, 0.3) is 5.91 Å². The van der Waals surface area contributed by atoms with Gasteiger partial charge in [0.1, 0.15) is 10.7 Å². The van der Waals surface area contributed by atoms with Gasteiger partial charge >= 0.3 is 5.97 Å². The van der Waals surface area contributed by atoms with Crippen molar-refractivity contribution in [3.63, 3.8) is 0 Å². The van der Waals surface area contributed by atoms with Gasteiger partial charge in [0.05, 0.1) is 0 Å². The van der Waals surface area contributed by atoms with Gasteiger partial charge in [0.2, 0.25) is 10.0 Å². The lowest BCUT2D eigenvalue weighted by Gasteiger charge is -2.17. The predicted molar refractivity (Wildman–Crippen MR) is 98.1 cm³/mol. The molecule has 8 nitrogen and oxygen atoms in total. The van der Waals surface area contributed by atoms with Crippen LogP contribution in [0.5, 0.6) is 0 Å². The smallest absolute Gasteiger partial charge is 0.330 e. The Labute approximate surface area is 157 Å². The van der Waals surface area contributed by atoms with Crippen molar-refractivity contribution in [2.45, 2.75) is 31.7 Å². The fraction of sp³-hybridized carbons (Fsp3) is 0.333. The second-order valence-corrected chi connectivity index (χ2v) is 8.47. The summed E-state index contributed by atoms with van der Waals surface area (Å²) in [6.07, 6.45) is 0. The van der Waals surface area contributed by atoms with E-state index in [1.165, 1.54) is 21.0 Å². The molecule has 1 amide bonds. The SMILES string of the molecule is Cc1cccc(C(NC(=O)c2cc(S(=O)(=O)N(C)C)c(C)o2)C(=O)O)c1C. The molecule has 1 atom stereocenters. The van der Waals surface area contributed by atoms with Crippen molar-refractivity contribution in [3.8, 4) is 0 Å². The van der Waals surface area contributed by atoms with Gasteiger partial charge in [0, 0.05) is 20.2 Å². The first kappa shape index (κ1) is 20.7. The van der Waals surface area contributed by atoms with Crippen molar-refractivity contribution in [2.24, 2.45) is 0 Å². The summed E-state index contributed by atoms with van der Waals surface area (Å²) in [5.74, 6) is -2.27. The van der Waals surface area contributed by atoms with Crippen molar-refractivity contribution < 1.29 is 27.5 Å². The molecule has 0 aliphatic carbocycles. The molecule has 0 fully saturated rings. The molecular formula is C18H22N2O6S. The van der Waals surface area contributed by atoms with Crippen LogP contribution in [0.25, 0.3) is 0 Å². The number of carbonyl (C=O) groups is 2. The van der Waals surface area contributed by atoms with E-state index >= 15 is 0 Å². The van der Waals surface area contributed by atoms with Crippen molar-refractivity contribution in [3.05, 3.63) is 52.5 Å². The van der Waals surface area contributed by atoms with Gasteiger partial charge < -0.3 is 14.8 Å². The Morgan fingerprint density at radius 3 is 2.37 bits per heavy atom. The van der Waals surface area contributed by atoms with E-state index < -0.39 is 27.9 Å². The van der Waals surface area contributed by atoms with Crippen molar-refractivity contribution in [1.29, 1.82) is 0 Å². The average Bonchev–Trinajstić information content (AvgIpc) is 2.97. The largest absolute Gasteiger partial charge is 0.479 e. The van der Waals surface area contributed by atoms with Crippen LogP contribution in [0.3, 0.4) is 0 Å². The Bertz CT molecular complexity index is 991. The summed E-state index contributed by atoms with van der Waals surface area (Å²) >= 11 is 0. The van der Waals surface area contributed by atoms with E-state index in [9.17, 15) is 23.1 Å². The van der Waals surface area contributed by atoms with Gasteiger partial charge in [-0.05, 0) is 37.5 Å². The maximum Gasteiger partial charge on any atom is 0.330 e. The zero-order valence-corrected chi connectivity index (χ0v) is 16.5. The lowest BCUT2D eigenvalue weighted by Crippen LogP contribution is -2.34. The molecule has 9 heteroatoms. The minimum atomic E-state index is -3.79. The van der Waals surface area contributed by atoms with E-state index in [1.807, 2.05) is 13.0 Å². The molecule has 0 saturated heterocycles. The maximum absolute atomic E-state index is 12.5. The Morgan fingerprint density at radius 1 is 1.19 bits per heavy atom. The lowest BCUT2D eigenvalue weighted by atomic mass is 9.97. The number of carbonyl (C=O) groups excluding carboxylic acids is 1.